The van der Waals surface area contributed by atoms with Crippen LogP contribution in [0.15, 0.2) is 121 Å². The lowest BCUT2D eigenvalue weighted by molar-refractivity contribution is -0.142. The summed E-state index contributed by atoms with van der Waals surface area (Å²) in [5.74, 6) is -0.547. The summed E-state index contributed by atoms with van der Waals surface area (Å²) in [6.07, 6.45) is 7.52. The van der Waals surface area contributed by atoms with Crippen molar-refractivity contribution in [2.24, 2.45) is 0 Å². The molecule has 3 fully saturated rings. The molecule has 2 nitrogen and oxygen atoms in total. The monoisotopic (exact) mass is 606 g/mol. The summed E-state index contributed by atoms with van der Waals surface area (Å²) in [6, 6.07) is 45.2. The van der Waals surface area contributed by atoms with Gasteiger partial charge in [-0.15, -0.1) is 0 Å². The lowest BCUT2D eigenvalue weighted by Crippen LogP contribution is -2.29. The van der Waals surface area contributed by atoms with Crippen molar-refractivity contribution in [2.75, 3.05) is 12.3 Å². The second-order valence-electron chi connectivity index (χ2n) is 13.0. The second kappa shape index (κ2) is 12.9. The minimum Gasteiger partial charge on any atom is -0.344 e. The highest BCUT2D eigenvalue weighted by Crippen LogP contribution is 2.73. The van der Waals surface area contributed by atoms with E-state index in [1.165, 1.54) is 47.9 Å². The minimum atomic E-state index is -0.547. The molecule has 0 radical (unpaired) electrons. The average Bonchev–Trinajstić information content (AvgIpc) is 3.74. The van der Waals surface area contributed by atoms with E-state index in [-0.39, 0.29) is 28.1 Å². The number of ether oxygens (including phenoxy) is 2. The molecule has 7 rings (SSSR count). The summed E-state index contributed by atoms with van der Waals surface area (Å²) in [4.78, 5) is 0. The Labute approximate surface area is 260 Å². The first-order chi connectivity index (χ1) is 21.1. The van der Waals surface area contributed by atoms with E-state index in [1.54, 1.807) is 0 Å². The smallest absolute Gasteiger partial charge is 0.163 e. The van der Waals surface area contributed by atoms with E-state index in [0.29, 0.717) is 22.6 Å². The van der Waals surface area contributed by atoms with Gasteiger partial charge >= 0.3 is 0 Å². The third kappa shape index (κ3) is 6.41. The normalized spacial score (nSPS) is 29.3. The summed E-state index contributed by atoms with van der Waals surface area (Å²) >= 11 is 0. The molecule has 4 aromatic rings. The van der Waals surface area contributed by atoms with Crippen molar-refractivity contribution in [1.82, 2.24) is 0 Å². The Morgan fingerprint density at radius 1 is 0.465 bits per heavy atom. The van der Waals surface area contributed by atoms with Crippen LogP contribution in [0.1, 0.15) is 84.4 Å². The molecule has 3 aliphatic heterocycles. The van der Waals surface area contributed by atoms with Crippen LogP contribution in [-0.4, -0.2) is 30.3 Å². The lowest BCUT2D eigenvalue weighted by atomic mass is 10.0. The molecule has 0 unspecified atom stereocenters. The molecule has 3 saturated heterocycles. The molecule has 3 aliphatic rings. The van der Waals surface area contributed by atoms with E-state index in [0.717, 1.165) is 12.3 Å². The van der Waals surface area contributed by atoms with Gasteiger partial charge in [-0.2, -0.15) is 0 Å². The van der Waals surface area contributed by atoms with Gasteiger partial charge in [0.1, 0.15) is 0 Å². The number of rotatable bonds is 8. The summed E-state index contributed by atoms with van der Waals surface area (Å²) < 4.78 is 13.8. The van der Waals surface area contributed by atoms with Gasteiger partial charge in [0.05, 0.1) is 12.2 Å². The molecule has 0 spiro atoms. The van der Waals surface area contributed by atoms with Crippen LogP contribution in [0, 0.1) is 0 Å². The van der Waals surface area contributed by atoms with Gasteiger partial charge in [-0.1, -0.05) is 137 Å². The third-order valence-electron chi connectivity index (χ3n) is 9.83. The van der Waals surface area contributed by atoms with Crippen molar-refractivity contribution in [3.63, 3.8) is 0 Å². The predicted octanol–water partition coefficient (Wildman–Crippen LogP) is 11.0. The van der Waals surface area contributed by atoms with Crippen molar-refractivity contribution < 1.29 is 9.47 Å². The second-order valence-corrected chi connectivity index (χ2v) is 18.2. The van der Waals surface area contributed by atoms with E-state index < -0.39 is 5.79 Å². The molecule has 4 aromatic carbocycles. The molecule has 0 aromatic heterocycles. The Bertz CT molecular complexity index is 1240. The van der Waals surface area contributed by atoms with E-state index in [1.807, 2.05) is 0 Å². The number of hydrogen-bond donors (Lipinski definition) is 0. The summed E-state index contributed by atoms with van der Waals surface area (Å²) in [5, 5.41) is 0. The summed E-state index contributed by atoms with van der Waals surface area (Å²) in [7, 11) is -0.658. The molecule has 0 saturated carbocycles. The van der Waals surface area contributed by atoms with Crippen LogP contribution in [0.3, 0.4) is 0 Å². The van der Waals surface area contributed by atoms with Gasteiger partial charge < -0.3 is 9.47 Å². The Balaban J connectivity index is 1.19. The zero-order chi connectivity index (χ0) is 29.2. The van der Waals surface area contributed by atoms with Crippen molar-refractivity contribution in [2.45, 2.75) is 80.2 Å². The van der Waals surface area contributed by atoms with Gasteiger partial charge in [-0.25, -0.2) is 0 Å². The van der Waals surface area contributed by atoms with Gasteiger partial charge in [0.2, 0.25) is 0 Å². The molecule has 0 aliphatic carbocycles. The maximum absolute atomic E-state index is 6.89. The van der Waals surface area contributed by atoms with E-state index in [9.17, 15) is 0 Å². The van der Waals surface area contributed by atoms with E-state index >= 15 is 0 Å². The molecule has 0 amide bonds. The fraction of sp³-hybridized carbons (Fsp3) is 0.385. The first-order valence-corrected chi connectivity index (χ1v) is 19.5. The van der Waals surface area contributed by atoms with E-state index in [2.05, 4.69) is 135 Å². The minimum absolute atomic E-state index is 0.132. The highest BCUT2D eigenvalue weighted by Gasteiger charge is 2.49. The predicted molar refractivity (Wildman–Crippen MR) is 183 cm³/mol. The Kier molecular flexibility index (Phi) is 8.85. The molecule has 6 atom stereocenters. The van der Waals surface area contributed by atoms with E-state index in [4.69, 9.17) is 9.47 Å². The van der Waals surface area contributed by atoms with Crippen molar-refractivity contribution in [1.29, 1.82) is 0 Å². The zero-order valence-electron chi connectivity index (χ0n) is 25.5. The average molecular weight is 607 g/mol. The first kappa shape index (κ1) is 29.4. The number of benzene rings is 4. The van der Waals surface area contributed by atoms with Crippen LogP contribution in [0.25, 0.3) is 0 Å². The van der Waals surface area contributed by atoms with Gasteiger partial charge in [-0.05, 0) is 74.1 Å². The zero-order valence-corrected chi connectivity index (χ0v) is 27.3. The van der Waals surface area contributed by atoms with Crippen molar-refractivity contribution in [3.05, 3.63) is 144 Å². The Morgan fingerprint density at radius 2 is 0.721 bits per heavy atom. The van der Waals surface area contributed by atoms with Crippen LogP contribution < -0.4 is 0 Å². The third-order valence-corrected chi connectivity index (χ3v) is 16.8. The topological polar surface area (TPSA) is 18.5 Å². The molecule has 222 valence electrons. The largest absolute Gasteiger partial charge is 0.344 e. The maximum atomic E-state index is 6.89. The van der Waals surface area contributed by atoms with Crippen LogP contribution in [0.4, 0.5) is 0 Å². The lowest BCUT2D eigenvalue weighted by Gasteiger charge is -2.33. The van der Waals surface area contributed by atoms with Crippen LogP contribution in [0.5, 0.6) is 0 Å². The van der Waals surface area contributed by atoms with Crippen LogP contribution >= 0.6 is 15.8 Å². The Hall–Kier alpha value is -2.34. The quantitative estimate of drug-likeness (QED) is 0.186. The molecular weight excluding hydrogens is 562 g/mol. The van der Waals surface area contributed by atoms with Gasteiger partial charge in [0.15, 0.2) is 5.79 Å². The fourth-order valence-corrected chi connectivity index (χ4v) is 15.5. The van der Waals surface area contributed by atoms with Crippen molar-refractivity contribution >= 4 is 15.8 Å². The summed E-state index contributed by atoms with van der Waals surface area (Å²) in [5.41, 5.74) is 8.48. The van der Waals surface area contributed by atoms with Crippen LogP contribution in [0.2, 0.25) is 0 Å². The summed E-state index contributed by atoms with van der Waals surface area (Å²) in [6.45, 7) is 4.27. The molecular formula is C39H44O2P2. The van der Waals surface area contributed by atoms with Gasteiger partial charge in [0.25, 0.3) is 0 Å². The SMILES string of the molecule is CC1(C)O[C@@H](CP2[C@H](c3ccccc3)CC[C@H]2c2ccccc2)[C@H](CP2[C@H](c3ccccc3)CC[C@H]2c2ccccc2)O1. The first-order valence-electron chi connectivity index (χ1n) is 16.1. The Morgan fingerprint density at radius 3 is 0.977 bits per heavy atom. The molecule has 3 heterocycles. The molecule has 4 heteroatoms. The van der Waals surface area contributed by atoms with Crippen molar-refractivity contribution in [3.8, 4) is 0 Å². The maximum Gasteiger partial charge on any atom is 0.163 e. The molecule has 43 heavy (non-hydrogen) atoms. The van der Waals surface area contributed by atoms with Crippen LogP contribution in [-0.2, 0) is 9.47 Å². The van der Waals surface area contributed by atoms with Gasteiger partial charge in [0, 0.05) is 22.6 Å². The standard InChI is InChI=1S/C39H44O2P2/c1-39(2)40-33(27-42-35(29-15-7-3-8-16-29)23-24-36(42)30-17-9-4-10-18-30)34(41-39)28-43-37(31-19-11-5-12-20-31)25-26-38(43)32-21-13-6-14-22-32/h3-22,33-38H,23-28H2,1-2H3/t33-,34-,35-,36-,37-,38-/m0/s1. The molecule has 0 N–H and O–H groups in total. The highest BCUT2D eigenvalue weighted by molar-refractivity contribution is 7.59. The molecule has 0 bridgehead atoms. The highest BCUT2D eigenvalue weighted by atomic mass is 31.1. The number of hydrogen-bond acceptors (Lipinski definition) is 2. The van der Waals surface area contributed by atoms with Gasteiger partial charge in [-0.3, -0.25) is 0 Å². The fourth-order valence-electron chi connectivity index (χ4n) is 8.01.